The van der Waals surface area contributed by atoms with E-state index in [2.05, 4.69) is 42.5 Å². The Labute approximate surface area is 95.0 Å². The molecule has 0 saturated carbocycles. The number of hydrogen-bond acceptors (Lipinski definition) is 1. The van der Waals surface area contributed by atoms with E-state index in [1.807, 2.05) is 12.1 Å². The number of hydrogen-bond donors (Lipinski definition) is 0. The standard InChI is InChI=1S/C15H12O/c1-16-12-8-6-11(7-9-12)10-15-13-4-2-3-5-14(13)15/h2-10H,1H3. The lowest BCUT2D eigenvalue weighted by atomic mass is 10.2. The molecular formula is C15H12O. The van der Waals surface area contributed by atoms with Crippen LogP contribution in [0.3, 0.4) is 0 Å². The molecule has 2 aromatic carbocycles. The summed E-state index contributed by atoms with van der Waals surface area (Å²) >= 11 is 0. The normalized spacial score (nSPS) is 11.9. The van der Waals surface area contributed by atoms with Gasteiger partial charge >= 0.3 is 0 Å². The summed E-state index contributed by atoms with van der Waals surface area (Å²) in [5.41, 5.74) is 5.32. The van der Waals surface area contributed by atoms with Crippen molar-refractivity contribution in [2.24, 2.45) is 0 Å². The summed E-state index contributed by atoms with van der Waals surface area (Å²) in [6, 6.07) is 16.6. The Balaban J connectivity index is 1.89. The van der Waals surface area contributed by atoms with Gasteiger partial charge in [-0.05, 0) is 40.5 Å². The largest absolute Gasteiger partial charge is 0.497 e. The molecule has 0 unspecified atom stereocenters. The first kappa shape index (κ1) is 9.22. The average Bonchev–Trinajstić information content (AvgIpc) is 3.04. The Kier molecular flexibility index (Phi) is 2.03. The van der Waals surface area contributed by atoms with Crippen LogP contribution in [-0.4, -0.2) is 7.11 Å². The van der Waals surface area contributed by atoms with Gasteiger partial charge in [0, 0.05) is 0 Å². The zero-order valence-corrected chi connectivity index (χ0v) is 9.10. The van der Waals surface area contributed by atoms with Gasteiger partial charge in [-0.2, -0.15) is 0 Å². The van der Waals surface area contributed by atoms with Crippen molar-refractivity contribution in [1.82, 2.24) is 0 Å². The second kappa shape index (κ2) is 3.53. The quantitative estimate of drug-likeness (QED) is 0.625. The van der Waals surface area contributed by atoms with Crippen molar-refractivity contribution in [2.45, 2.75) is 0 Å². The van der Waals surface area contributed by atoms with Crippen LogP contribution in [0.2, 0.25) is 0 Å². The molecule has 16 heavy (non-hydrogen) atoms. The van der Waals surface area contributed by atoms with Crippen LogP contribution in [0.5, 0.6) is 5.75 Å². The van der Waals surface area contributed by atoms with Crippen molar-refractivity contribution in [3.8, 4) is 5.75 Å². The third-order valence-corrected chi connectivity index (χ3v) is 2.87. The van der Waals surface area contributed by atoms with Gasteiger partial charge in [-0.25, -0.2) is 0 Å². The predicted molar refractivity (Wildman–Crippen MR) is 66.4 cm³/mol. The third kappa shape index (κ3) is 1.50. The molecule has 0 fully saturated rings. The van der Waals surface area contributed by atoms with E-state index in [0.29, 0.717) is 0 Å². The molecule has 0 heterocycles. The number of rotatable bonds is 2. The molecule has 0 atom stereocenters. The molecule has 0 saturated heterocycles. The van der Waals surface area contributed by atoms with Crippen LogP contribution in [0.15, 0.2) is 48.5 Å². The van der Waals surface area contributed by atoms with Gasteiger partial charge in [-0.1, -0.05) is 36.4 Å². The maximum absolute atomic E-state index is 5.13. The second-order valence-electron chi connectivity index (χ2n) is 3.88. The van der Waals surface area contributed by atoms with Gasteiger partial charge in [-0.3, -0.25) is 0 Å². The summed E-state index contributed by atoms with van der Waals surface area (Å²) in [5, 5.41) is 0. The van der Waals surface area contributed by atoms with Crippen molar-refractivity contribution in [2.75, 3.05) is 7.11 Å². The fourth-order valence-electron chi connectivity index (χ4n) is 1.92. The number of ether oxygens (including phenoxy) is 1. The average molecular weight is 208 g/mol. The molecule has 1 nitrogen and oxygen atoms in total. The molecule has 1 aliphatic carbocycles. The van der Waals surface area contributed by atoms with Gasteiger partial charge in [0.1, 0.15) is 5.75 Å². The Morgan fingerprint density at radius 2 is 1.50 bits per heavy atom. The zero-order valence-electron chi connectivity index (χ0n) is 9.10. The van der Waals surface area contributed by atoms with Crippen molar-refractivity contribution in [3.05, 3.63) is 65.2 Å². The van der Waals surface area contributed by atoms with E-state index in [9.17, 15) is 0 Å². The maximum Gasteiger partial charge on any atom is 0.118 e. The maximum atomic E-state index is 5.13. The van der Waals surface area contributed by atoms with E-state index in [-0.39, 0.29) is 0 Å². The summed E-state index contributed by atoms with van der Waals surface area (Å²) in [7, 11) is 1.68. The van der Waals surface area contributed by atoms with E-state index >= 15 is 0 Å². The van der Waals surface area contributed by atoms with Gasteiger partial charge in [0.15, 0.2) is 0 Å². The lowest BCUT2D eigenvalue weighted by molar-refractivity contribution is 0.415. The molecule has 3 rings (SSSR count). The van der Waals surface area contributed by atoms with Gasteiger partial charge in [0.25, 0.3) is 0 Å². The molecule has 0 aliphatic heterocycles. The topological polar surface area (TPSA) is 9.23 Å². The fourth-order valence-corrected chi connectivity index (χ4v) is 1.92. The zero-order chi connectivity index (χ0) is 11.0. The lowest BCUT2D eigenvalue weighted by Gasteiger charge is -1.98. The smallest absolute Gasteiger partial charge is 0.118 e. The highest BCUT2D eigenvalue weighted by Gasteiger charge is 2.22. The van der Waals surface area contributed by atoms with Crippen LogP contribution >= 0.6 is 0 Å². The van der Waals surface area contributed by atoms with Gasteiger partial charge in [0.05, 0.1) is 7.11 Å². The summed E-state index contributed by atoms with van der Waals surface area (Å²) in [6.45, 7) is 0. The molecule has 0 spiro atoms. The van der Waals surface area contributed by atoms with Crippen LogP contribution in [-0.2, 0) is 0 Å². The van der Waals surface area contributed by atoms with E-state index in [4.69, 9.17) is 4.74 Å². The highest BCUT2D eigenvalue weighted by molar-refractivity contribution is 6.07. The highest BCUT2D eigenvalue weighted by atomic mass is 16.5. The SMILES string of the molecule is COc1ccc(C=C2c3ccccc32)cc1. The minimum absolute atomic E-state index is 0.899. The predicted octanol–water partition coefficient (Wildman–Crippen LogP) is 3.60. The van der Waals surface area contributed by atoms with Crippen molar-refractivity contribution in [3.63, 3.8) is 0 Å². The molecule has 0 N–H and O–H groups in total. The highest BCUT2D eigenvalue weighted by Crippen LogP contribution is 2.43. The Hall–Kier alpha value is -2.02. The minimum Gasteiger partial charge on any atom is -0.497 e. The second-order valence-corrected chi connectivity index (χ2v) is 3.88. The summed E-state index contributed by atoms with van der Waals surface area (Å²) in [5.74, 6) is 0.899. The van der Waals surface area contributed by atoms with Gasteiger partial charge < -0.3 is 4.74 Å². The fraction of sp³-hybridized carbons (Fsp3) is 0.0667. The molecule has 0 radical (unpaired) electrons. The summed E-state index contributed by atoms with van der Waals surface area (Å²) in [6.07, 6.45) is 2.21. The summed E-state index contributed by atoms with van der Waals surface area (Å²) < 4.78 is 5.13. The molecule has 78 valence electrons. The molecule has 1 aliphatic rings. The number of benzene rings is 2. The monoisotopic (exact) mass is 208 g/mol. The first-order valence-corrected chi connectivity index (χ1v) is 5.34. The minimum atomic E-state index is 0.899. The third-order valence-electron chi connectivity index (χ3n) is 2.87. The van der Waals surface area contributed by atoms with Crippen LogP contribution in [0.1, 0.15) is 16.7 Å². The number of fused-ring (bicyclic) bond motifs is 1. The van der Waals surface area contributed by atoms with Crippen molar-refractivity contribution < 1.29 is 4.74 Å². The summed E-state index contributed by atoms with van der Waals surface area (Å²) in [4.78, 5) is 0. The van der Waals surface area contributed by atoms with E-state index in [1.165, 1.54) is 22.3 Å². The van der Waals surface area contributed by atoms with E-state index in [0.717, 1.165) is 5.75 Å². The number of methoxy groups -OCH3 is 1. The van der Waals surface area contributed by atoms with E-state index in [1.54, 1.807) is 7.11 Å². The van der Waals surface area contributed by atoms with Crippen LogP contribution < -0.4 is 4.74 Å². The van der Waals surface area contributed by atoms with Crippen molar-refractivity contribution in [1.29, 1.82) is 0 Å². The molecule has 2 aromatic rings. The Morgan fingerprint density at radius 1 is 0.875 bits per heavy atom. The van der Waals surface area contributed by atoms with E-state index < -0.39 is 0 Å². The molecule has 0 amide bonds. The molecule has 0 bridgehead atoms. The molecule has 0 aromatic heterocycles. The Bertz CT molecular complexity index is 525. The van der Waals surface area contributed by atoms with Crippen LogP contribution in [0.4, 0.5) is 0 Å². The first-order chi connectivity index (χ1) is 7.88. The first-order valence-electron chi connectivity index (χ1n) is 5.34. The Morgan fingerprint density at radius 3 is 2.06 bits per heavy atom. The van der Waals surface area contributed by atoms with Gasteiger partial charge in [-0.15, -0.1) is 0 Å². The van der Waals surface area contributed by atoms with Gasteiger partial charge in [0.2, 0.25) is 0 Å². The molecular weight excluding hydrogens is 196 g/mol. The molecule has 1 heteroatoms. The van der Waals surface area contributed by atoms with Crippen LogP contribution in [0, 0.1) is 0 Å². The lowest BCUT2D eigenvalue weighted by Crippen LogP contribution is -1.81. The van der Waals surface area contributed by atoms with Crippen LogP contribution in [0.25, 0.3) is 11.6 Å². The van der Waals surface area contributed by atoms with Crippen molar-refractivity contribution >= 4 is 11.6 Å².